The lowest BCUT2D eigenvalue weighted by Gasteiger charge is -2.36. The number of nitrogens with zero attached hydrogens (tertiary/aromatic N) is 1. The third kappa shape index (κ3) is 4.21. The minimum absolute atomic E-state index is 0.178. The number of hydrogen-bond donors (Lipinski definition) is 1. The summed E-state index contributed by atoms with van der Waals surface area (Å²) in [7, 11) is 3.90. The molecular weight excluding hydrogens is 308 g/mol. The number of carbonyl (C=O) groups excluding carboxylic acids is 1. The van der Waals surface area contributed by atoms with Crippen molar-refractivity contribution >= 4 is 17.7 Å². The average molecular weight is 334 g/mol. The van der Waals surface area contributed by atoms with Crippen molar-refractivity contribution in [1.29, 1.82) is 0 Å². The van der Waals surface area contributed by atoms with Gasteiger partial charge in [0.2, 0.25) is 5.91 Å². The lowest BCUT2D eigenvalue weighted by atomic mass is 9.98. The highest BCUT2D eigenvalue weighted by Gasteiger charge is 2.38. The van der Waals surface area contributed by atoms with E-state index in [1.807, 2.05) is 12.1 Å². The van der Waals surface area contributed by atoms with Gasteiger partial charge < -0.3 is 15.0 Å². The van der Waals surface area contributed by atoms with Gasteiger partial charge in [0, 0.05) is 23.9 Å². The number of nitrogens with one attached hydrogen (secondary N) is 1. The third-order valence-electron chi connectivity index (χ3n) is 5.12. The summed E-state index contributed by atoms with van der Waals surface area (Å²) < 4.78 is 5.15. The highest BCUT2D eigenvalue weighted by Crippen LogP contribution is 2.34. The fourth-order valence-corrected chi connectivity index (χ4v) is 4.58. The molecule has 23 heavy (non-hydrogen) atoms. The van der Waals surface area contributed by atoms with Gasteiger partial charge in [0.1, 0.15) is 5.75 Å². The van der Waals surface area contributed by atoms with E-state index < -0.39 is 0 Å². The monoisotopic (exact) mass is 334 g/mol. The minimum Gasteiger partial charge on any atom is -0.497 e. The molecule has 1 aromatic rings. The van der Waals surface area contributed by atoms with E-state index in [4.69, 9.17) is 4.74 Å². The summed E-state index contributed by atoms with van der Waals surface area (Å²) in [6.07, 6.45) is 4.81. The van der Waals surface area contributed by atoms with Crippen LogP contribution >= 0.6 is 11.8 Å². The Morgan fingerprint density at radius 2 is 1.91 bits per heavy atom. The van der Waals surface area contributed by atoms with E-state index in [0.717, 1.165) is 24.3 Å². The molecule has 5 heteroatoms. The molecule has 0 radical (unpaired) electrons. The molecule has 0 spiro atoms. The Morgan fingerprint density at radius 3 is 2.52 bits per heavy atom. The second-order valence-electron chi connectivity index (χ2n) is 6.63. The van der Waals surface area contributed by atoms with E-state index in [1.165, 1.54) is 18.4 Å². The minimum atomic E-state index is 0.178. The van der Waals surface area contributed by atoms with Gasteiger partial charge in [-0.3, -0.25) is 4.79 Å². The van der Waals surface area contributed by atoms with Crippen LogP contribution in [0, 0.1) is 0 Å². The average Bonchev–Trinajstić information content (AvgIpc) is 2.76. The molecule has 2 heterocycles. The van der Waals surface area contributed by atoms with E-state index in [0.29, 0.717) is 23.9 Å². The molecule has 0 aromatic heterocycles. The van der Waals surface area contributed by atoms with Crippen LogP contribution < -0.4 is 10.1 Å². The van der Waals surface area contributed by atoms with Gasteiger partial charge in [-0.1, -0.05) is 12.1 Å². The maximum Gasteiger partial charge on any atom is 0.230 e. The topological polar surface area (TPSA) is 41.6 Å². The predicted octanol–water partition coefficient (Wildman–Crippen LogP) is 2.67. The maximum atomic E-state index is 12.2. The summed E-state index contributed by atoms with van der Waals surface area (Å²) >= 11 is 1.67. The summed E-state index contributed by atoms with van der Waals surface area (Å²) in [5.41, 5.74) is 1.22. The van der Waals surface area contributed by atoms with Crippen LogP contribution in [-0.2, 0) is 10.5 Å². The van der Waals surface area contributed by atoms with Crippen molar-refractivity contribution in [3.05, 3.63) is 29.8 Å². The Morgan fingerprint density at radius 1 is 1.26 bits per heavy atom. The molecule has 1 aromatic carbocycles. The Balaban J connectivity index is 1.38. The molecule has 4 nitrogen and oxygen atoms in total. The molecule has 2 aliphatic heterocycles. The number of rotatable bonds is 6. The van der Waals surface area contributed by atoms with Crippen molar-refractivity contribution in [2.75, 3.05) is 19.9 Å². The zero-order valence-corrected chi connectivity index (χ0v) is 14.8. The van der Waals surface area contributed by atoms with Crippen LogP contribution in [0.15, 0.2) is 24.3 Å². The predicted molar refractivity (Wildman–Crippen MR) is 94.9 cm³/mol. The largest absolute Gasteiger partial charge is 0.497 e. The first-order chi connectivity index (χ1) is 11.2. The summed E-state index contributed by atoms with van der Waals surface area (Å²) in [5.74, 6) is 2.44. The van der Waals surface area contributed by atoms with E-state index >= 15 is 0 Å². The molecule has 0 aliphatic carbocycles. The van der Waals surface area contributed by atoms with Gasteiger partial charge >= 0.3 is 0 Å². The first-order valence-corrected chi connectivity index (χ1v) is 9.53. The summed E-state index contributed by atoms with van der Waals surface area (Å²) in [4.78, 5) is 14.7. The summed E-state index contributed by atoms with van der Waals surface area (Å²) in [5, 5.41) is 3.24. The van der Waals surface area contributed by atoms with Crippen LogP contribution in [0.2, 0.25) is 0 Å². The van der Waals surface area contributed by atoms with Crippen molar-refractivity contribution < 1.29 is 9.53 Å². The molecule has 0 saturated carbocycles. The quantitative estimate of drug-likeness (QED) is 0.868. The lowest BCUT2D eigenvalue weighted by molar-refractivity contribution is -0.119. The second-order valence-corrected chi connectivity index (χ2v) is 7.61. The van der Waals surface area contributed by atoms with Crippen LogP contribution in [0.1, 0.15) is 31.2 Å². The lowest BCUT2D eigenvalue weighted by Crippen LogP contribution is -2.49. The first-order valence-electron chi connectivity index (χ1n) is 8.37. The molecule has 2 bridgehead atoms. The van der Waals surface area contributed by atoms with Crippen molar-refractivity contribution in [3.63, 3.8) is 0 Å². The van der Waals surface area contributed by atoms with Gasteiger partial charge in [-0.15, -0.1) is 11.8 Å². The fourth-order valence-electron chi connectivity index (χ4n) is 3.78. The van der Waals surface area contributed by atoms with Gasteiger partial charge in [-0.2, -0.15) is 0 Å². The van der Waals surface area contributed by atoms with Crippen LogP contribution in [0.3, 0.4) is 0 Å². The smallest absolute Gasteiger partial charge is 0.230 e. The van der Waals surface area contributed by atoms with E-state index in [2.05, 4.69) is 29.4 Å². The summed E-state index contributed by atoms with van der Waals surface area (Å²) in [6, 6.07) is 9.75. The Bertz CT molecular complexity index is 520. The van der Waals surface area contributed by atoms with Gasteiger partial charge in [0.05, 0.1) is 12.9 Å². The Hall–Kier alpha value is -1.20. The molecule has 2 fully saturated rings. The highest BCUT2D eigenvalue weighted by molar-refractivity contribution is 7.99. The van der Waals surface area contributed by atoms with E-state index in [9.17, 15) is 4.79 Å². The molecule has 2 aliphatic rings. The number of ether oxygens (including phenoxy) is 1. The number of methoxy groups -OCH3 is 1. The van der Waals surface area contributed by atoms with Crippen molar-refractivity contribution in [3.8, 4) is 5.75 Å². The molecule has 3 rings (SSSR count). The molecule has 1 amide bonds. The highest BCUT2D eigenvalue weighted by atomic mass is 32.2. The number of amides is 1. The van der Waals surface area contributed by atoms with Crippen molar-refractivity contribution in [2.45, 2.75) is 49.6 Å². The molecule has 1 N–H and O–H groups in total. The fraction of sp³-hybridized carbons (Fsp3) is 0.611. The van der Waals surface area contributed by atoms with Gasteiger partial charge in [0.15, 0.2) is 0 Å². The van der Waals surface area contributed by atoms with Gasteiger partial charge in [0.25, 0.3) is 0 Å². The van der Waals surface area contributed by atoms with Crippen LogP contribution in [0.5, 0.6) is 5.75 Å². The molecular formula is C18H26N2O2S. The normalized spacial score (nSPS) is 27.0. The van der Waals surface area contributed by atoms with Gasteiger partial charge in [-0.25, -0.2) is 0 Å². The maximum absolute atomic E-state index is 12.2. The van der Waals surface area contributed by atoms with Crippen molar-refractivity contribution in [1.82, 2.24) is 10.2 Å². The zero-order valence-electron chi connectivity index (χ0n) is 14.0. The van der Waals surface area contributed by atoms with Crippen molar-refractivity contribution in [2.24, 2.45) is 0 Å². The number of carbonyl (C=O) groups is 1. The van der Waals surface area contributed by atoms with E-state index in [1.54, 1.807) is 18.9 Å². The van der Waals surface area contributed by atoms with Crippen LogP contribution in [0.25, 0.3) is 0 Å². The number of thioether (sulfide) groups is 1. The standard InChI is InChI=1S/C18H26N2O2S/c1-20-15-5-6-16(20)10-14(9-15)19-18(21)12-23-11-13-3-7-17(22-2)8-4-13/h3-4,7-8,14-16H,5-6,9-12H2,1-2H3,(H,19,21)/t15-,16-/m0/s1. The van der Waals surface area contributed by atoms with Gasteiger partial charge in [-0.05, 0) is 50.4 Å². The molecule has 126 valence electrons. The van der Waals surface area contributed by atoms with E-state index in [-0.39, 0.29) is 5.91 Å². The Kier molecular flexibility index (Phi) is 5.49. The van der Waals surface area contributed by atoms with Crippen LogP contribution in [-0.4, -0.2) is 48.8 Å². The first kappa shape index (κ1) is 16.7. The number of fused-ring (bicyclic) bond motifs is 2. The molecule has 0 unspecified atom stereocenters. The number of hydrogen-bond acceptors (Lipinski definition) is 4. The Labute approximate surface area is 143 Å². The zero-order chi connectivity index (χ0) is 16.2. The molecule has 2 atom stereocenters. The second kappa shape index (κ2) is 7.58. The third-order valence-corrected chi connectivity index (χ3v) is 6.13. The summed E-state index contributed by atoms with van der Waals surface area (Å²) in [6.45, 7) is 0. The number of piperidine rings is 1. The molecule has 2 saturated heterocycles. The number of benzene rings is 1. The van der Waals surface area contributed by atoms with Crippen LogP contribution in [0.4, 0.5) is 0 Å². The SMILES string of the molecule is COc1ccc(CSCC(=O)NC2C[C@@H]3CC[C@@H](C2)N3C)cc1.